The highest BCUT2D eigenvalue weighted by atomic mass is 32.2. The summed E-state index contributed by atoms with van der Waals surface area (Å²) in [5.74, 6) is -0.279. The molecule has 1 saturated carbocycles. The smallest absolute Gasteiger partial charge is 0.123 e. The van der Waals surface area contributed by atoms with E-state index in [-0.39, 0.29) is 11.9 Å². The van der Waals surface area contributed by atoms with Crippen molar-refractivity contribution in [3.05, 3.63) is 30.1 Å². The number of aliphatic hydroxyl groups excluding tert-OH is 1. The van der Waals surface area contributed by atoms with E-state index in [0.29, 0.717) is 12.8 Å². The number of hydrogen-bond donors (Lipinski definition) is 1. The summed E-state index contributed by atoms with van der Waals surface area (Å²) in [6, 6.07) is 8.29. The summed E-state index contributed by atoms with van der Waals surface area (Å²) < 4.78 is 12.1. The SMILES string of the molecule is N#CC1(Sc2ccc(F)cc2)CC(O)C1. The first-order valence-corrected chi connectivity index (χ1v) is 5.49. The van der Waals surface area contributed by atoms with Gasteiger partial charge >= 0.3 is 0 Å². The van der Waals surface area contributed by atoms with Crippen LogP contribution in [0.4, 0.5) is 4.39 Å². The number of aliphatic hydroxyl groups is 1. The second-order valence-electron chi connectivity index (χ2n) is 3.72. The third-order valence-corrected chi connectivity index (χ3v) is 3.78. The Balaban J connectivity index is 2.09. The normalized spacial score (nSPS) is 29.3. The summed E-state index contributed by atoms with van der Waals surface area (Å²) >= 11 is 1.40. The lowest BCUT2D eigenvalue weighted by molar-refractivity contribution is 0.0803. The van der Waals surface area contributed by atoms with E-state index in [0.717, 1.165) is 4.90 Å². The van der Waals surface area contributed by atoms with Crippen LogP contribution in [-0.2, 0) is 0 Å². The Kier molecular flexibility index (Phi) is 2.68. The lowest BCUT2D eigenvalue weighted by Crippen LogP contribution is -2.43. The molecule has 0 bridgehead atoms. The molecule has 4 heteroatoms. The molecular weight excluding hydrogens is 213 g/mol. The van der Waals surface area contributed by atoms with Crippen LogP contribution in [0.3, 0.4) is 0 Å². The molecule has 2 rings (SSSR count). The van der Waals surface area contributed by atoms with Gasteiger partial charge in [0.25, 0.3) is 0 Å². The quantitative estimate of drug-likeness (QED) is 0.836. The van der Waals surface area contributed by atoms with Gasteiger partial charge in [-0.1, -0.05) is 0 Å². The maximum absolute atomic E-state index is 12.6. The summed E-state index contributed by atoms with van der Waals surface area (Å²) in [4.78, 5) is 0.866. The Hall–Kier alpha value is -1.05. The van der Waals surface area contributed by atoms with Crippen molar-refractivity contribution in [3.8, 4) is 6.07 Å². The van der Waals surface area contributed by atoms with E-state index in [1.165, 1.54) is 23.9 Å². The number of nitriles is 1. The second kappa shape index (κ2) is 3.84. The van der Waals surface area contributed by atoms with E-state index in [4.69, 9.17) is 5.26 Å². The lowest BCUT2D eigenvalue weighted by atomic mass is 9.82. The molecule has 0 spiro atoms. The van der Waals surface area contributed by atoms with Gasteiger partial charge in [0, 0.05) is 17.7 Å². The molecule has 1 N–H and O–H groups in total. The second-order valence-corrected chi connectivity index (χ2v) is 5.18. The van der Waals surface area contributed by atoms with Crippen LogP contribution in [0.2, 0.25) is 0 Å². The summed E-state index contributed by atoms with van der Waals surface area (Å²) in [5, 5.41) is 18.2. The minimum Gasteiger partial charge on any atom is -0.393 e. The van der Waals surface area contributed by atoms with Crippen LogP contribution in [-0.4, -0.2) is 16.0 Å². The standard InChI is InChI=1S/C11H10FNOS/c12-8-1-3-10(4-2-8)15-11(7-13)5-9(14)6-11/h1-4,9,14H,5-6H2. The largest absolute Gasteiger partial charge is 0.393 e. The van der Waals surface area contributed by atoms with Crippen LogP contribution in [0.15, 0.2) is 29.2 Å². The van der Waals surface area contributed by atoms with Crippen molar-refractivity contribution in [2.45, 2.75) is 28.6 Å². The minimum absolute atomic E-state index is 0.279. The monoisotopic (exact) mass is 223 g/mol. The zero-order chi connectivity index (χ0) is 10.9. The van der Waals surface area contributed by atoms with E-state index < -0.39 is 4.75 Å². The molecule has 0 radical (unpaired) electrons. The first kappa shape index (κ1) is 10.5. The molecule has 2 nitrogen and oxygen atoms in total. The van der Waals surface area contributed by atoms with Crippen LogP contribution < -0.4 is 0 Å². The average Bonchev–Trinajstić information content (AvgIpc) is 2.18. The van der Waals surface area contributed by atoms with Crippen molar-refractivity contribution in [2.75, 3.05) is 0 Å². The highest BCUT2D eigenvalue weighted by Gasteiger charge is 2.44. The zero-order valence-electron chi connectivity index (χ0n) is 7.98. The summed E-state index contributed by atoms with van der Waals surface area (Å²) in [6.45, 7) is 0. The van der Waals surface area contributed by atoms with E-state index >= 15 is 0 Å². The Morgan fingerprint density at radius 3 is 2.47 bits per heavy atom. The molecule has 1 fully saturated rings. The average molecular weight is 223 g/mol. The molecule has 0 saturated heterocycles. The summed E-state index contributed by atoms with van der Waals surface area (Å²) in [6.07, 6.45) is 0.620. The molecule has 1 aromatic rings. The van der Waals surface area contributed by atoms with Gasteiger partial charge in [-0.2, -0.15) is 5.26 Å². The summed E-state index contributed by atoms with van der Waals surface area (Å²) in [7, 11) is 0. The van der Waals surface area contributed by atoms with Crippen LogP contribution in [0.1, 0.15) is 12.8 Å². The van der Waals surface area contributed by atoms with Crippen molar-refractivity contribution in [3.63, 3.8) is 0 Å². The van der Waals surface area contributed by atoms with Gasteiger partial charge in [-0.05, 0) is 24.3 Å². The molecule has 78 valence electrons. The van der Waals surface area contributed by atoms with Gasteiger partial charge in [-0.15, -0.1) is 11.8 Å². The predicted molar refractivity (Wildman–Crippen MR) is 55.8 cm³/mol. The molecule has 0 atom stereocenters. The highest BCUT2D eigenvalue weighted by molar-refractivity contribution is 8.01. The van der Waals surface area contributed by atoms with Crippen molar-refractivity contribution in [1.29, 1.82) is 5.26 Å². The van der Waals surface area contributed by atoms with Crippen LogP contribution in [0.25, 0.3) is 0 Å². The molecular formula is C11H10FNOS. The first-order chi connectivity index (χ1) is 7.13. The number of rotatable bonds is 2. The Morgan fingerprint density at radius 1 is 1.40 bits per heavy atom. The Bertz CT molecular complexity index is 392. The van der Waals surface area contributed by atoms with Gasteiger partial charge in [0.15, 0.2) is 0 Å². The van der Waals surface area contributed by atoms with E-state index in [1.807, 2.05) is 0 Å². The van der Waals surface area contributed by atoms with Gasteiger partial charge < -0.3 is 5.11 Å². The van der Waals surface area contributed by atoms with Gasteiger partial charge in [-0.25, -0.2) is 4.39 Å². The number of thioether (sulfide) groups is 1. The molecule has 0 amide bonds. The lowest BCUT2D eigenvalue weighted by Gasteiger charge is -2.38. The van der Waals surface area contributed by atoms with Crippen LogP contribution >= 0.6 is 11.8 Å². The van der Waals surface area contributed by atoms with E-state index in [2.05, 4.69) is 6.07 Å². The number of hydrogen-bond acceptors (Lipinski definition) is 3. The fraction of sp³-hybridized carbons (Fsp3) is 0.364. The third-order valence-electron chi connectivity index (χ3n) is 2.46. The third kappa shape index (κ3) is 2.14. The van der Waals surface area contributed by atoms with Crippen molar-refractivity contribution >= 4 is 11.8 Å². The Labute approximate surface area is 91.7 Å². The topological polar surface area (TPSA) is 44.0 Å². The van der Waals surface area contributed by atoms with Crippen molar-refractivity contribution < 1.29 is 9.50 Å². The predicted octanol–water partition coefficient (Wildman–Crippen LogP) is 2.33. The maximum atomic E-state index is 12.6. The molecule has 0 aromatic heterocycles. The van der Waals surface area contributed by atoms with Crippen LogP contribution in [0.5, 0.6) is 0 Å². The molecule has 1 aliphatic rings. The molecule has 0 heterocycles. The van der Waals surface area contributed by atoms with Crippen LogP contribution in [0, 0.1) is 17.1 Å². The maximum Gasteiger partial charge on any atom is 0.123 e. The molecule has 0 aliphatic heterocycles. The van der Waals surface area contributed by atoms with Gasteiger partial charge in [-0.3, -0.25) is 0 Å². The van der Waals surface area contributed by atoms with Crippen molar-refractivity contribution in [1.82, 2.24) is 0 Å². The van der Waals surface area contributed by atoms with E-state index in [9.17, 15) is 9.50 Å². The van der Waals surface area contributed by atoms with Gasteiger partial charge in [0.1, 0.15) is 10.6 Å². The first-order valence-electron chi connectivity index (χ1n) is 4.67. The Morgan fingerprint density at radius 2 is 2.00 bits per heavy atom. The highest BCUT2D eigenvalue weighted by Crippen LogP contribution is 2.47. The van der Waals surface area contributed by atoms with E-state index in [1.54, 1.807) is 12.1 Å². The molecule has 0 unspecified atom stereocenters. The number of benzene rings is 1. The molecule has 1 aromatic carbocycles. The van der Waals surface area contributed by atoms with Gasteiger partial charge in [0.05, 0.1) is 12.2 Å². The summed E-state index contributed by atoms with van der Waals surface area (Å²) in [5.41, 5.74) is 0. The molecule has 15 heavy (non-hydrogen) atoms. The molecule has 1 aliphatic carbocycles. The fourth-order valence-electron chi connectivity index (χ4n) is 1.63. The van der Waals surface area contributed by atoms with Crippen molar-refractivity contribution in [2.24, 2.45) is 0 Å². The zero-order valence-corrected chi connectivity index (χ0v) is 8.80. The minimum atomic E-state index is -0.517. The fourth-order valence-corrected chi connectivity index (χ4v) is 2.95. The number of halogens is 1. The number of nitrogens with zero attached hydrogens (tertiary/aromatic N) is 1. The van der Waals surface area contributed by atoms with Gasteiger partial charge in [0.2, 0.25) is 0 Å².